The van der Waals surface area contributed by atoms with E-state index in [1.807, 2.05) is 0 Å². The molecule has 0 aromatic carbocycles. The first-order valence-electron chi connectivity index (χ1n) is 8.47. The first-order valence-corrected chi connectivity index (χ1v) is 8.47. The number of hydrogen-bond donors (Lipinski definition) is 0. The lowest BCUT2D eigenvalue weighted by Crippen LogP contribution is -2.20. The van der Waals surface area contributed by atoms with Gasteiger partial charge in [0.25, 0.3) is 0 Å². The number of hydrogen-bond acceptors (Lipinski definition) is 5. The zero-order chi connectivity index (χ0) is 16.7. The van der Waals surface area contributed by atoms with Crippen LogP contribution in [-0.2, 0) is 16.1 Å². The van der Waals surface area contributed by atoms with Crippen molar-refractivity contribution in [1.29, 1.82) is 0 Å². The number of carbonyl (C=O) groups is 1. The number of carbonyl (C=O) groups excluding carboxylic acids is 1. The fourth-order valence-electron chi connectivity index (χ4n) is 2.62. The van der Waals surface area contributed by atoms with Crippen LogP contribution in [0.4, 0.5) is 0 Å². The van der Waals surface area contributed by atoms with E-state index in [1.165, 1.54) is 18.8 Å². The van der Waals surface area contributed by atoms with Crippen LogP contribution in [0.5, 0.6) is 5.75 Å². The fourth-order valence-corrected chi connectivity index (χ4v) is 2.62. The molecule has 1 saturated carbocycles. The van der Waals surface area contributed by atoms with E-state index in [-0.39, 0.29) is 29.7 Å². The molecule has 0 N–H and O–H groups in total. The van der Waals surface area contributed by atoms with Crippen LogP contribution >= 0.6 is 0 Å². The molecule has 1 aliphatic carbocycles. The molecule has 5 heteroatoms. The quantitative estimate of drug-likeness (QED) is 0.716. The summed E-state index contributed by atoms with van der Waals surface area (Å²) in [6.45, 7) is 4.67. The summed E-state index contributed by atoms with van der Waals surface area (Å²) in [6, 6.07) is 1.33. The molecule has 0 aliphatic heterocycles. The molecule has 1 heterocycles. The lowest BCUT2D eigenvalue weighted by Gasteiger charge is -2.19. The van der Waals surface area contributed by atoms with Gasteiger partial charge in [0.1, 0.15) is 18.6 Å². The summed E-state index contributed by atoms with van der Waals surface area (Å²) in [5, 5.41) is 0. The molecule has 5 nitrogen and oxygen atoms in total. The average Bonchev–Trinajstić information content (AvgIpc) is 2.55. The zero-order valence-electron chi connectivity index (χ0n) is 14.0. The summed E-state index contributed by atoms with van der Waals surface area (Å²) >= 11 is 0. The van der Waals surface area contributed by atoms with Gasteiger partial charge in [0, 0.05) is 6.07 Å². The second-order valence-corrected chi connectivity index (χ2v) is 6.55. The van der Waals surface area contributed by atoms with Crippen molar-refractivity contribution in [3.05, 3.63) is 28.3 Å². The average molecular weight is 322 g/mol. The van der Waals surface area contributed by atoms with Gasteiger partial charge < -0.3 is 13.9 Å². The van der Waals surface area contributed by atoms with Crippen LogP contribution in [0.3, 0.4) is 0 Å². The van der Waals surface area contributed by atoms with E-state index in [2.05, 4.69) is 13.8 Å². The molecule has 0 unspecified atom stereocenters. The Morgan fingerprint density at radius 3 is 2.70 bits per heavy atom. The molecule has 1 aromatic heterocycles. The van der Waals surface area contributed by atoms with Gasteiger partial charge in [-0.1, -0.05) is 33.1 Å². The molecule has 0 saturated heterocycles. The topological polar surface area (TPSA) is 65.7 Å². The van der Waals surface area contributed by atoms with Crippen molar-refractivity contribution in [1.82, 2.24) is 0 Å². The highest BCUT2D eigenvalue weighted by atomic mass is 16.5. The highest BCUT2D eigenvalue weighted by Crippen LogP contribution is 2.25. The lowest BCUT2D eigenvalue weighted by molar-refractivity contribution is -0.151. The molecule has 2 rings (SSSR count). The van der Waals surface area contributed by atoms with Crippen LogP contribution in [-0.4, -0.2) is 12.6 Å². The monoisotopic (exact) mass is 322 g/mol. The first-order chi connectivity index (χ1) is 11.1. The van der Waals surface area contributed by atoms with Crippen molar-refractivity contribution in [3.8, 4) is 5.75 Å². The molecular weight excluding hydrogens is 296 g/mol. The second-order valence-electron chi connectivity index (χ2n) is 6.55. The van der Waals surface area contributed by atoms with Crippen LogP contribution in [0.2, 0.25) is 0 Å². The van der Waals surface area contributed by atoms with E-state index in [1.54, 1.807) is 0 Å². The molecule has 1 fully saturated rings. The standard InChI is InChI=1S/C18H26O5/c1-13(2)8-9-21-17-12-22-15(10-16(17)19)11-23-18(20)14-6-4-3-5-7-14/h10,12-14H,3-9,11H2,1-2H3. The van der Waals surface area contributed by atoms with E-state index < -0.39 is 0 Å². The van der Waals surface area contributed by atoms with Gasteiger partial charge in [-0.25, -0.2) is 0 Å². The van der Waals surface area contributed by atoms with Gasteiger partial charge in [0.15, 0.2) is 0 Å². The SMILES string of the molecule is CC(C)CCOc1coc(COC(=O)C2CCCCC2)cc1=O. The Balaban J connectivity index is 1.82. The maximum atomic E-state index is 12.0. The summed E-state index contributed by atoms with van der Waals surface area (Å²) in [7, 11) is 0. The van der Waals surface area contributed by atoms with Gasteiger partial charge in [-0.2, -0.15) is 0 Å². The molecule has 23 heavy (non-hydrogen) atoms. The Kier molecular flexibility index (Phi) is 6.68. The van der Waals surface area contributed by atoms with Crippen molar-refractivity contribution in [2.24, 2.45) is 11.8 Å². The van der Waals surface area contributed by atoms with Gasteiger partial charge in [0.2, 0.25) is 11.2 Å². The van der Waals surface area contributed by atoms with E-state index >= 15 is 0 Å². The highest BCUT2D eigenvalue weighted by molar-refractivity contribution is 5.72. The van der Waals surface area contributed by atoms with E-state index in [0.29, 0.717) is 18.3 Å². The van der Waals surface area contributed by atoms with Crippen molar-refractivity contribution < 1.29 is 18.7 Å². The summed E-state index contributed by atoms with van der Waals surface area (Å²) in [5.41, 5.74) is -0.247. The van der Waals surface area contributed by atoms with E-state index in [0.717, 1.165) is 32.1 Å². The van der Waals surface area contributed by atoms with Crippen LogP contribution < -0.4 is 10.2 Å². The van der Waals surface area contributed by atoms with Crippen molar-refractivity contribution >= 4 is 5.97 Å². The van der Waals surface area contributed by atoms with Crippen molar-refractivity contribution in [2.75, 3.05) is 6.61 Å². The summed E-state index contributed by atoms with van der Waals surface area (Å²) in [4.78, 5) is 23.9. The van der Waals surface area contributed by atoms with Gasteiger partial charge >= 0.3 is 5.97 Å². The van der Waals surface area contributed by atoms with Gasteiger partial charge in [-0.3, -0.25) is 9.59 Å². The Hall–Kier alpha value is -1.78. The minimum Gasteiger partial charge on any atom is -0.487 e. The van der Waals surface area contributed by atoms with Crippen LogP contribution in [0.15, 0.2) is 21.5 Å². The normalized spacial score (nSPS) is 15.6. The third-order valence-corrected chi connectivity index (χ3v) is 4.10. The maximum absolute atomic E-state index is 12.0. The Morgan fingerprint density at radius 1 is 1.30 bits per heavy atom. The fraction of sp³-hybridized carbons (Fsp3) is 0.667. The molecule has 0 amide bonds. The Morgan fingerprint density at radius 2 is 2.04 bits per heavy atom. The second kappa shape index (κ2) is 8.75. The van der Waals surface area contributed by atoms with Crippen LogP contribution in [0, 0.1) is 11.8 Å². The van der Waals surface area contributed by atoms with Gasteiger partial charge in [-0.05, 0) is 25.2 Å². The van der Waals surface area contributed by atoms with Crippen LogP contribution in [0.1, 0.15) is 58.1 Å². The largest absolute Gasteiger partial charge is 0.487 e. The predicted molar refractivity (Wildman–Crippen MR) is 86.3 cm³/mol. The third kappa shape index (κ3) is 5.73. The lowest BCUT2D eigenvalue weighted by atomic mass is 9.89. The zero-order valence-corrected chi connectivity index (χ0v) is 14.0. The number of esters is 1. The summed E-state index contributed by atoms with van der Waals surface area (Å²) in [6.07, 6.45) is 7.31. The van der Waals surface area contributed by atoms with Crippen LogP contribution in [0.25, 0.3) is 0 Å². The van der Waals surface area contributed by atoms with Gasteiger partial charge in [0.05, 0.1) is 12.5 Å². The molecule has 128 valence electrons. The maximum Gasteiger partial charge on any atom is 0.309 e. The molecule has 1 aliphatic rings. The van der Waals surface area contributed by atoms with E-state index in [4.69, 9.17) is 13.9 Å². The highest BCUT2D eigenvalue weighted by Gasteiger charge is 2.22. The minimum atomic E-state index is -0.247. The third-order valence-electron chi connectivity index (χ3n) is 4.10. The van der Waals surface area contributed by atoms with E-state index in [9.17, 15) is 9.59 Å². The van der Waals surface area contributed by atoms with Crippen molar-refractivity contribution in [2.45, 2.75) is 59.0 Å². The van der Waals surface area contributed by atoms with Gasteiger partial charge in [-0.15, -0.1) is 0 Å². The Labute approximate surface area is 137 Å². The summed E-state index contributed by atoms with van der Waals surface area (Å²) < 4.78 is 16.0. The Bertz CT molecular complexity index is 555. The number of rotatable bonds is 7. The first kappa shape index (κ1) is 17.6. The smallest absolute Gasteiger partial charge is 0.309 e. The molecular formula is C18H26O5. The predicted octanol–water partition coefficient (Wildman–Crippen LogP) is 3.69. The van der Waals surface area contributed by atoms with Crippen molar-refractivity contribution in [3.63, 3.8) is 0 Å². The molecule has 0 atom stereocenters. The molecule has 1 aromatic rings. The molecule has 0 bridgehead atoms. The number of ether oxygens (including phenoxy) is 2. The minimum absolute atomic E-state index is 0.00313. The molecule has 0 radical (unpaired) electrons. The molecule has 0 spiro atoms. The summed E-state index contributed by atoms with van der Waals surface area (Å²) in [5.74, 6) is 0.864.